The number of epoxide rings is 1. The molecule has 1 aliphatic carbocycles. The smallest absolute Gasteiger partial charge is 0.117 e. The standard InChI is InChI=1S/C14H20O4/c1-2-3-4-5-6-7-9-10(8-15)12(17)14-13(18-14)11(9)16/h4-7,11-17H,2-3,8H2,1H3/b5-4+,7-6+/t11-,12-,13+,14-/m0/s1. The monoisotopic (exact) mass is 252 g/mol. The van der Waals surface area contributed by atoms with Gasteiger partial charge in [-0.25, -0.2) is 0 Å². The van der Waals surface area contributed by atoms with E-state index >= 15 is 0 Å². The van der Waals surface area contributed by atoms with Gasteiger partial charge in [-0.2, -0.15) is 0 Å². The Kier molecular flexibility index (Phi) is 4.35. The highest BCUT2D eigenvalue weighted by Gasteiger charge is 2.54. The molecule has 0 aromatic carbocycles. The summed E-state index contributed by atoms with van der Waals surface area (Å²) in [6.07, 6.45) is 7.37. The number of aliphatic hydroxyl groups excluding tert-OH is 3. The fraction of sp³-hybridized carbons (Fsp3) is 0.571. The van der Waals surface area contributed by atoms with Crippen LogP contribution in [0.4, 0.5) is 0 Å². The van der Waals surface area contributed by atoms with Crippen LogP contribution < -0.4 is 0 Å². The SMILES string of the molecule is CCC/C=C/C=C/C1=C(CO)[C@H](O)[C@@H]2O[C@@H]2[C@H]1O. The summed E-state index contributed by atoms with van der Waals surface area (Å²) in [5.41, 5.74) is 1.03. The third-order valence-corrected chi connectivity index (χ3v) is 3.38. The van der Waals surface area contributed by atoms with Gasteiger partial charge in [0.2, 0.25) is 0 Å². The van der Waals surface area contributed by atoms with Crippen LogP contribution in [-0.4, -0.2) is 46.3 Å². The third-order valence-electron chi connectivity index (χ3n) is 3.38. The van der Waals surface area contributed by atoms with Crippen molar-refractivity contribution in [3.63, 3.8) is 0 Å². The first-order valence-electron chi connectivity index (χ1n) is 6.39. The average Bonchev–Trinajstić information content (AvgIpc) is 3.15. The summed E-state index contributed by atoms with van der Waals surface area (Å²) in [5.74, 6) is 0. The lowest BCUT2D eigenvalue weighted by Crippen LogP contribution is -2.35. The molecule has 0 unspecified atom stereocenters. The first-order chi connectivity index (χ1) is 8.70. The van der Waals surface area contributed by atoms with Crippen LogP contribution in [0.25, 0.3) is 0 Å². The predicted molar refractivity (Wildman–Crippen MR) is 68.0 cm³/mol. The molecule has 4 heteroatoms. The van der Waals surface area contributed by atoms with E-state index in [1.807, 2.05) is 18.2 Å². The molecule has 100 valence electrons. The number of aliphatic hydroxyl groups is 3. The highest BCUT2D eigenvalue weighted by Crippen LogP contribution is 2.40. The van der Waals surface area contributed by atoms with Gasteiger partial charge in [0.05, 0.1) is 6.61 Å². The fourth-order valence-electron chi connectivity index (χ4n) is 2.27. The second kappa shape index (κ2) is 5.80. The van der Waals surface area contributed by atoms with Crippen molar-refractivity contribution in [1.82, 2.24) is 0 Å². The van der Waals surface area contributed by atoms with Gasteiger partial charge in [-0.05, 0) is 17.6 Å². The molecule has 18 heavy (non-hydrogen) atoms. The maximum absolute atomic E-state index is 10.0. The van der Waals surface area contributed by atoms with Crippen LogP contribution in [0.1, 0.15) is 19.8 Å². The van der Waals surface area contributed by atoms with Crippen LogP contribution in [0.5, 0.6) is 0 Å². The van der Waals surface area contributed by atoms with Crippen LogP contribution in [0.15, 0.2) is 35.5 Å². The number of rotatable bonds is 5. The van der Waals surface area contributed by atoms with Crippen molar-refractivity contribution in [1.29, 1.82) is 0 Å². The van der Waals surface area contributed by atoms with Crippen molar-refractivity contribution in [3.05, 3.63) is 35.5 Å². The number of hydrogen-bond donors (Lipinski definition) is 3. The molecule has 2 rings (SSSR count). The molecule has 4 atom stereocenters. The topological polar surface area (TPSA) is 73.2 Å². The Morgan fingerprint density at radius 2 is 1.89 bits per heavy atom. The summed E-state index contributed by atoms with van der Waals surface area (Å²) in [7, 11) is 0. The zero-order valence-electron chi connectivity index (χ0n) is 10.5. The second-order valence-corrected chi connectivity index (χ2v) is 4.67. The minimum Gasteiger partial charge on any atom is -0.392 e. The average molecular weight is 252 g/mol. The van der Waals surface area contributed by atoms with Crippen LogP contribution in [0, 0.1) is 0 Å². The molecule has 1 heterocycles. The molecule has 1 saturated heterocycles. The van der Waals surface area contributed by atoms with Crippen molar-refractivity contribution in [2.75, 3.05) is 6.61 Å². The van der Waals surface area contributed by atoms with Gasteiger partial charge in [0, 0.05) is 0 Å². The summed E-state index contributed by atoms with van der Waals surface area (Å²) < 4.78 is 5.20. The Morgan fingerprint density at radius 3 is 2.56 bits per heavy atom. The minimum atomic E-state index is -0.803. The Balaban J connectivity index is 2.11. The van der Waals surface area contributed by atoms with Gasteiger partial charge in [0.25, 0.3) is 0 Å². The van der Waals surface area contributed by atoms with E-state index in [2.05, 4.69) is 6.92 Å². The highest BCUT2D eigenvalue weighted by atomic mass is 16.6. The Hall–Kier alpha value is -0.940. The molecular weight excluding hydrogens is 232 g/mol. The van der Waals surface area contributed by atoms with Crippen molar-refractivity contribution in [2.24, 2.45) is 0 Å². The zero-order chi connectivity index (χ0) is 13.1. The lowest BCUT2D eigenvalue weighted by Gasteiger charge is -2.23. The zero-order valence-corrected chi connectivity index (χ0v) is 10.5. The first kappa shape index (κ1) is 13.5. The van der Waals surface area contributed by atoms with Crippen molar-refractivity contribution < 1.29 is 20.1 Å². The Labute approximate surface area is 107 Å². The molecule has 1 aliphatic heterocycles. The van der Waals surface area contributed by atoms with Gasteiger partial charge in [-0.3, -0.25) is 0 Å². The van der Waals surface area contributed by atoms with Gasteiger partial charge < -0.3 is 20.1 Å². The van der Waals surface area contributed by atoms with Crippen molar-refractivity contribution in [3.8, 4) is 0 Å². The largest absolute Gasteiger partial charge is 0.392 e. The Morgan fingerprint density at radius 1 is 1.17 bits per heavy atom. The summed E-state index contributed by atoms with van der Waals surface area (Å²) in [6, 6.07) is 0. The molecule has 3 N–H and O–H groups in total. The summed E-state index contributed by atoms with van der Waals surface area (Å²) in [4.78, 5) is 0. The van der Waals surface area contributed by atoms with Crippen LogP contribution in [-0.2, 0) is 4.74 Å². The lowest BCUT2D eigenvalue weighted by atomic mass is 9.87. The summed E-state index contributed by atoms with van der Waals surface area (Å²) in [6.45, 7) is 1.84. The Bertz CT molecular complexity index is 383. The first-order valence-corrected chi connectivity index (χ1v) is 6.39. The molecular formula is C14H20O4. The molecule has 0 aromatic rings. The number of allylic oxidation sites excluding steroid dienone is 3. The van der Waals surface area contributed by atoms with E-state index in [1.165, 1.54) is 0 Å². The van der Waals surface area contributed by atoms with Gasteiger partial charge in [-0.1, -0.05) is 37.6 Å². The fourth-order valence-corrected chi connectivity index (χ4v) is 2.27. The van der Waals surface area contributed by atoms with E-state index in [1.54, 1.807) is 6.08 Å². The van der Waals surface area contributed by atoms with Gasteiger partial charge in [0.15, 0.2) is 0 Å². The van der Waals surface area contributed by atoms with Gasteiger partial charge >= 0.3 is 0 Å². The molecule has 2 aliphatic rings. The molecule has 0 bridgehead atoms. The van der Waals surface area contributed by atoms with E-state index in [-0.39, 0.29) is 18.8 Å². The molecule has 0 amide bonds. The van der Waals surface area contributed by atoms with Crippen LogP contribution in [0.2, 0.25) is 0 Å². The third kappa shape index (κ3) is 2.57. The van der Waals surface area contributed by atoms with E-state index in [9.17, 15) is 15.3 Å². The number of fused-ring (bicyclic) bond motifs is 1. The molecule has 1 fully saturated rings. The summed E-state index contributed by atoms with van der Waals surface area (Å²) >= 11 is 0. The molecule has 0 radical (unpaired) electrons. The maximum atomic E-state index is 10.0. The molecule has 0 saturated carbocycles. The lowest BCUT2D eigenvalue weighted by molar-refractivity contribution is 0.141. The predicted octanol–water partition coefficient (Wildman–Crippen LogP) is 0.691. The number of unbranched alkanes of at least 4 members (excludes halogenated alkanes) is 1. The summed E-state index contributed by atoms with van der Waals surface area (Å²) in [5, 5.41) is 29.2. The highest BCUT2D eigenvalue weighted by molar-refractivity contribution is 5.40. The molecule has 4 nitrogen and oxygen atoms in total. The van der Waals surface area contributed by atoms with Crippen LogP contribution in [0.3, 0.4) is 0 Å². The van der Waals surface area contributed by atoms with E-state index in [4.69, 9.17) is 4.74 Å². The van der Waals surface area contributed by atoms with E-state index in [0.717, 1.165) is 12.8 Å². The second-order valence-electron chi connectivity index (χ2n) is 4.67. The van der Waals surface area contributed by atoms with Crippen molar-refractivity contribution >= 4 is 0 Å². The van der Waals surface area contributed by atoms with Crippen LogP contribution >= 0.6 is 0 Å². The number of ether oxygens (including phenoxy) is 1. The van der Waals surface area contributed by atoms with Gasteiger partial charge in [-0.15, -0.1) is 0 Å². The number of hydrogen-bond acceptors (Lipinski definition) is 4. The quantitative estimate of drug-likeness (QED) is 0.497. The maximum Gasteiger partial charge on any atom is 0.117 e. The van der Waals surface area contributed by atoms with Crippen molar-refractivity contribution in [2.45, 2.75) is 44.2 Å². The van der Waals surface area contributed by atoms with Gasteiger partial charge in [0.1, 0.15) is 24.4 Å². The van der Waals surface area contributed by atoms with E-state index in [0.29, 0.717) is 11.1 Å². The van der Waals surface area contributed by atoms with E-state index < -0.39 is 12.2 Å². The minimum absolute atomic E-state index is 0.261. The molecule has 0 aromatic heterocycles. The molecule has 0 spiro atoms. The normalized spacial score (nSPS) is 35.6.